The number of hydrogen-bond acceptors (Lipinski definition) is 2. The average Bonchev–Trinajstić information content (AvgIpc) is 2.37. The molecule has 2 nitrogen and oxygen atoms in total. The maximum absolute atomic E-state index is 13.2. The van der Waals surface area contributed by atoms with Crippen molar-refractivity contribution in [3.8, 4) is 0 Å². The highest BCUT2D eigenvalue weighted by Crippen LogP contribution is 2.41. The van der Waals surface area contributed by atoms with E-state index in [4.69, 9.17) is 0 Å². The number of hydrogen-bond donors (Lipinski definition) is 0. The maximum atomic E-state index is 13.2. The molecule has 0 bridgehead atoms. The van der Waals surface area contributed by atoms with Crippen molar-refractivity contribution in [2.24, 2.45) is 17.8 Å². The summed E-state index contributed by atoms with van der Waals surface area (Å²) in [5.41, 5.74) is -0.153. The lowest BCUT2D eigenvalue weighted by molar-refractivity contribution is -0.138. The summed E-state index contributed by atoms with van der Waals surface area (Å²) in [5, 5.41) is 0. The first-order valence-corrected chi connectivity index (χ1v) is 8.17. The molecule has 0 spiro atoms. The number of likely N-dealkylation sites (N-methyl/N-ethyl adjacent to an activating group) is 1. The largest absolute Gasteiger partial charge is 0.297 e. The normalized spacial score (nSPS) is 40.4. The van der Waals surface area contributed by atoms with Crippen LogP contribution in [0.4, 0.5) is 0 Å². The monoisotopic (exact) mass is 265 g/mol. The summed E-state index contributed by atoms with van der Waals surface area (Å²) in [4.78, 5) is 15.4. The lowest BCUT2D eigenvalue weighted by Gasteiger charge is -2.46. The number of ketones is 1. The van der Waals surface area contributed by atoms with E-state index >= 15 is 0 Å². The van der Waals surface area contributed by atoms with Crippen molar-refractivity contribution in [2.45, 2.75) is 70.8 Å². The van der Waals surface area contributed by atoms with Gasteiger partial charge in [0.15, 0.2) is 5.78 Å². The highest BCUT2D eigenvalue weighted by molar-refractivity contribution is 5.90. The van der Waals surface area contributed by atoms with Crippen molar-refractivity contribution in [3.05, 3.63) is 0 Å². The summed E-state index contributed by atoms with van der Waals surface area (Å²) in [6.45, 7) is 4.62. The van der Waals surface area contributed by atoms with Crippen molar-refractivity contribution >= 4 is 5.78 Å². The predicted octanol–water partition coefficient (Wildman–Crippen LogP) is 3.89. The summed E-state index contributed by atoms with van der Waals surface area (Å²) >= 11 is 0. The predicted molar refractivity (Wildman–Crippen MR) is 80.2 cm³/mol. The maximum Gasteiger partial charge on any atom is 0.156 e. The van der Waals surface area contributed by atoms with Crippen LogP contribution in [0.2, 0.25) is 0 Å². The number of Topliss-reactive ketones (excluding diaryl/α,β-unsaturated/α-hetero) is 1. The molecular weight excluding hydrogens is 234 g/mol. The van der Waals surface area contributed by atoms with E-state index in [0.717, 1.165) is 31.6 Å². The van der Waals surface area contributed by atoms with Gasteiger partial charge >= 0.3 is 0 Å². The van der Waals surface area contributed by atoms with Gasteiger partial charge in [-0.1, -0.05) is 39.5 Å². The first-order valence-electron chi connectivity index (χ1n) is 8.17. The van der Waals surface area contributed by atoms with E-state index in [1.165, 1.54) is 25.7 Å². The third-order valence-corrected chi connectivity index (χ3v) is 5.60. The second-order valence-electron chi connectivity index (χ2n) is 7.46. The molecule has 4 atom stereocenters. The lowest BCUT2D eigenvalue weighted by Crippen LogP contribution is -2.56. The van der Waals surface area contributed by atoms with Gasteiger partial charge in [-0.2, -0.15) is 0 Å². The molecular formula is C17H31NO. The molecule has 0 radical (unpaired) electrons. The van der Waals surface area contributed by atoms with Crippen LogP contribution in [0.15, 0.2) is 0 Å². The zero-order valence-corrected chi connectivity index (χ0v) is 13.2. The van der Waals surface area contributed by atoms with Crippen LogP contribution in [-0.2, 0) is 4.79 Å². The van der Waals surface area contributed by atoms with Gasteiger partial charge in [0.05, 0.1) is 5.54 Å². The van der Waals surface area contributed by atoms with Gasteiger partial charge < -0.3 is 0 Å². The molecule has 0 aromatic rings. The summed E-state index contributed by atoms with van der Waals surface area (Å²) in [5.74, 6) is 2.33. The van der Waals surface area contributed by atoms with Gasteiger partial charge in [0.2, 0.25) is 0 Å². The van der Waals surface area contributed by atoms with Crippen LogP contribution in [0.5, 0.6) is 0 Å². The van der Waals surface area contributed by atoms with E-state index in [9.17, 15) is 4.79 Å². The molecule has 0 heterocycles. The van der Waals surface area contributed by atoms with Crippen LogP contribution in [0.3, 0.4) is 0 Å². The summed E-state index contributed by atoms with van der Waals surface area (Å²) in [6.07, 6.45) is 9.48. The Labute approximate surface area is 118 Å². The van der Waals surface area contributed by atoms with E-state index in [1.54, 1.807) is 0 Å². The average molecular weight is 265 g/mol. The fraction of sp³-hybridized carbons (Fsp3) is 0.941. The number of carbonyl (C=O) groups excluding carboxylic acids is 1. The Morgan fingerprint density at radius 2 is 1.74 bits per heavy atom. The van der Waals surface area contributed by atoms with Gasteiger partial charge in [0.25, 0.3) is 0 Å². The molecule has 0 saturated heterocycles. The Morgan fingerprint density at radius 3 is 2.32 bits per heavy atom. The highest BCUT2D eigenvalue weighted by Gasteiger charge is 2.46. The molecule has 0 aromatic heterocycles. The second kappa shape index (κ2) is 5.95. The quantitative estimate of drug-likeness (QED) is 0.771. The van der Waals surface area contributed by atoms with E-state index in [-0.39, 0.29) is 5.54 Å². The van der Waals surface area contributed by atoms with Gasteiger partial charge in [0, 0.05) is 5.92 Å². The molecule has 2 fully saturated rings. The van der Waals surface area contributed by atoms with Crippen molar-refractivity contribution in [1.29, 1.82) is 0 Å². The molecule has 2 rings (SSSR count). The molecule has 0 N–H and O–H groups in total. The molecule has 2 aliphatic carbocycles. The van der Waals surface area contributed by atoms with Gasteiger partial charge in [-0.15, -0.1) is 0 Å². The Hall–Kier alpha value is -0.370. The van der Waals surface area contributed by atoms with Crippen molar-refractivity contribution in [3.63, 3.8) is 0 Å². The smallest absolute Gasteiger partial charge is 0.156 e. The molecule has 0 aliphatic heterocycles. The first kappa shape index (κ1) is 15.0. The highest BCUT2D eigenvalue weighted by atomic mass is 16.1. The van der Waals surface area contributed by atoms with Crippen LogP contribution in [-0.4, -0.2) is 30.3 Å². The molecule has 110 valence electrons. The van der Waals surface area contributed by atoms with E-state index in [0.29, 0.717) is 17.6 Å². The zero-order chi connectivity index (χ0) is 14.0. The number of nitrogens with zero attached hydrogens (tertiary/aromatic N) is 1. The minimum absolute atomic E-state index is 0.153. The molecule has 0 aromatic carbocycles. The van der Waals surface area contributed by atoms with Crippen LogP contribution < -0.4 is 0 Å². The minimum Gasteiger partial charge on any atom is -0.297 e. The molecule has 2 heteroatoms. The summed E-state index contributed by atoms with van der Waals surface area (Å²) in [7, 11) is 4.23. The van der Waals surface area contributed by atoms with Crippen LogP contribution in [0.25, 0.3) is 0 Å². The molecule has 19 heavy (non-hydrogen) atoms. The zero-order valence-electron chi connectivity index (χ0n) is 13.2. The number of carbonyl (C=O) groups is 1. The summed E-state index contributed by atoms with van der Waals surface area (Å²) in [6, 6.07) is 0. The molecule has 0 amide bonds. The Morgan fingerprint density at radius 1 is 1.05 bits per heavy atom. The Balaban J connectivity index is 2.16. The minimum atomic E-state index is -0.153. The van der Waals surface area contributed by atoms with Crippen LogP contribution in [0.1, 0.15) is 65.2 Å². The topological polar surface area (TPSA) is 20.3 Å². The third kappa shape index (κ3) is 3.04. The first-order chi connectivity index (χ1) is 8.95. The molecule has 2 saturated carbocycles. The fourth-order valence-electron chi connectivity index (χ4n) is 4.43. The second-order valence-corrected chi connectivity index (χ2v) is 7.46. The van der Waals surface area contributed by atoms with Crippen molar-refractivity contribution < 1.29 is 4.79 Å². The van der Waals surface area contributed by atoms with Gasteiger partial charge in [-0.05, 0) is 51.6 Å². The van der Waals surface area contributed by atoms with E-state index < -0.39 is 0 Å². The van der Waals surface area contributed by atoms with E-state index in [1.807, 2.05) is 0 Å². The third-order valence-electron chi connectivity index (χ3n) is 5.60. The SMILES string of the molecule is CC1CCCC(C(=O)C2(N(C)C)CCCC(C)C2)C1. The van der Waals surface area contributed by atoms with Crippen LogP contribution in [0, 0.1) is 17.8 Å². The standard InChI is InChI=1S/C17H31NO/c1-13-7-5-9-15(11-13)16(19)17(18(3)4)10-6-8-14(2)12-17/h13-15H,5-12H2,1-4H3. The van der Waals surface area contributed by atoms with Crippen molar-refractivity contribution in [2.75, 3.05) is 14.1 Å². The van der Waals surface area contributed by atoms with Gasteiger partial charge in [0.1, 0.15) is 0 Å². The van der Waals surface area contributed by atoms with Crippen molar-refractivity contribution in [1.82, 2.24) is 4.90 Å². The molecule has 2 aliphatic rings. The van der Waals surface area contributed by atoms with Gasteiger partial charge in [-0.3, -0.25) is 9.69 Å². The molecule has 4 unspecified atom stereocenters. The Kier molecular flexibility index (Phi) is 4.70. The van der Waals surface area contributed by atoms with Crippen LogP contribution >= 0.6 is 0 Å². The fourth-order valence-corrected chi connectivity index (χ4v) is 4.43. The lowest BCUT2D eigenvalue weighted by atomic mass is 9.67. The van der Waals surface area contributed by atoms with Gasteiger partial charge in [-0.25, -0.2) is 0 Å². The summed E-state index contributed by atoms with van der Waals surface area (Å²) < 4.78 is 0. The Bertz CT molecular complexity index is 325. The number of rotatable bonds is 3. The van der Waals surface area contributed by atoms with E-state index in [2.05, 4.69) is 32.8 Å².